The van der Waals surface area contributed by atoms with Gasteiger partial charge in [0.1, 0.15) is 0 Å². The van der Waals surface area contributed by atoms with Crippen molar-refractivity contribution < 1.29 is 9.59 Å². The molecule has 1 N–H and O–H groups in total. The van der Waals surface area contributed by atoms with Crippen molar-refractivity contribution in [2.45, 2.75) is 12.8 Å². The van der Waals surface area contributed by atoms with Gasteiger partial charge in [0.15, 0.2) is 0 Å². The molecule has 4 aromatic rings. The zero-order valence-corrected chi connectivity index (χ0v) is 18.1. The Morgan fingerprint density at radius 2 is 0.697 bits per heavy atom. The molecule has 0 atom stereocenters. The SMILES string of the molecule is O=C1C=CC(=O)N1.c1ccc2c(c1)Cc1ccccc1-2.c1ccc2c(c1)Cc1ccccc1-2. The monoisotopic (exact) mass is 429 g/mol. The van der Waals surface area contributed by atoms with E-state index in [1.165, 1.54) is 56.7 Å². The molecule has 0 saturated heterocycles. The van der Waals surface area contributed by atoms with E-state index in [1.807, 2.05) is 5.32 Å². The van der Waals surface area contributed by atoms with Crippen LogP contribution in [0.3, 0.4) is 0 Å². The fraction of sp³-hybridized carbons (Fsp3) is 0.0667. The normalized spacial score (nSPS) is 13.5. The highest BCUT2D eigenvalue weighted by atomic mass is 16.2. The zero-order valence-electron chi connectivity index (χ0n) is 18.1. The molecule has 0 saturated carbocycles. The number of fused-ring (bicyclic) bond motifs is 6. The molecular weight excluding hydrogens is 406 g/mol. The number of rotatable bonds is 0. The molecule has 7 rings (SSSR count). The Morgan fingerprint density at radius 1 is 0.424 bits per heavy atom. The molecular formula is C30H23NO2. The van der Waals surface area contributed by atoms with Crippen molar-refractivity contribution in [2.24, 2.45) is 0 Å². The molecule has 1 heterocycles. The van der Waals surface area contributed by atoms with Gasteiger partial charge in [0.05, 0.1) is 0 Å². The maximum Gasteiger partial charge on any atom is 0.250 e. The van der Waals surface area contributed by atoms with Crippen LogP contribution in [0.1, 0.15) is 22.3 Å². The maximum atomic E-state index is 10.0. The molecule has 0 fully saturated rings. The summed E-state index contributed by atoms with van der Waals surface area (Å²) in [6, 6.07) is 34.6. The first-order chi connectivity index (χ1) is 16.2. The van der Waals surface area contributed by atoms with Gasteiger partial charge >= 0.3 is 0 Å². The topological polar surface area (TPSA) is 46.2 Å². The lowest BCUT2D eigenvalue weighted by atomic mass is 10.1. The molecule has 0 unspecified atom stereocenters. The van der Waals surface area contributed by atoms with E-state index in [-0.39, 0.29) is 11.8 Å². The molecule has 0 aromatic heterocycles. The summed E-state index contributed by atoms with van der Waals surface area (Å²) in [6.07, 6.45) is 4.60. The minimum Gasteiger partial charge on any atom is -0.289 e. The van der Waals surface area contributed by atoms with Crippen LogP contribution in [0.5, 0.6) is 0 Å². The molecule has 0 spiro atoms. The van der Waals surface area contributed by atoms with Crippen LogP contribution < -0.4 is 5.32 Å². The van der Waals surface area contributed by atoms with Crippen LogP contribution in [0.25, 0.3) is 22.3 Å². The van der Waals surface area contributed by atoms with Gasteiger partial charge in [-0.05, 0) is 57.3 Å². The summed E-state index contributed by atoms with van der Waals surface area (Å²) in [5.41, 5.74) is 11.5. The van der Waals surface area contributed by atoms with Crippen LogP contribution in [-0.2, 0) is 22.4 Å². The highest BCUT2D eigenvalue weighted by Gasteiger charge is 2.16. The van der Waals surface area contributed by atoms with E-state index in [2.05, 4.69) is 97.1 Å². The highest BCUT2D eigenvalue weighted by Crippen LogP contribution is 2.36. The van der Waals surface area contributed by atoms with E-state index in [1.54, 1.807) is 0 Å². The smallest absolute Gasteiger partial charge is 0.250 e. The van der Waals surface area contributed by atoms with Crippen molar-refractivity contribution in [3.63, 3.8) is 0 Å². The third-order valence-corrected chi connectivity index (χ3v) is 6.04. The minimum atomic E-state index is -0.329. The van der Waals surface area contributed by atoms with Gasteiger partial charge in [0.2, 0.25) is 0 Å². The number of nitrogens with one attached hydrogen (secondary N) is 1. The molecule has 33 heavy (non-hydrogen) atoms. The summed E-state index contributed by atoms with van der Waals surface area (Å²) in [6.45, 7) is 0. The second-order valence-electron chi connectivity index (χ2n) is 8.17. The van der Waals surface area contributed by atoms with Gasteiger partial charge < -0.3 is 0 Å². The van der Waals surface area contributed by atoms with E-state index in [0.29, 0.717) is 0 Å². The summed E-state index contributed by atoms with van der Waals surface area (Å²) in [5, 5.41) is 2.03. The number of carbonyl (C=O) groups excluding carboxylic acids is 2. The highest BCUT2D eigenvalue weighted by molar-refractivity contribution is 6.12. The maximum absolute atomic E-state index is 10.0. The molecule has 3 heteroatoms. The summed E-state index contributed by atoms with van der Waals surface area (Å²) in [5.74, 6) is -0.657. The summed E-state index contributed by atoms with van der Waals surface area (Å²) in [7, 11) is 0. The molecule has 4 aromatic carbocycles. The van der Waals surface area contributed by atoms with Crippen molar-refractivity contribution in [1.82, 2.24) is 5.32 Å². The fourth-order valence-corrected chi connectivity index (χ4v) is 4.52. The van der Waals surface area contributed by atoms with Gasteiger partial charge in [0.25, 0.3) is 11.8 Å². The molecule has 3 aliphatic rings. The van der Waals surface area contributed by atoms with Crippen molar-refractivity contribution in [2.75, 3.05) is 0 Å². The van der Waals surface area contributed by atoms with E-state index in [4.69, 9.17) is 0 Å². The van der Waals surface area contributed by atoms with Gasteiger partial charge in [-0.1, -0.05) is 97.1 Å². The van der Waals surface area contributed by atoms with Crippen LogP contribution in [0.2, 0.25) is 0 Å². The van der Waals surface area contributed by atoms with Gasteiger partial charge in [-0.15, -0.1) is 0 Å². The molecule has 160 valence electrons. The van der Waals surface area contributed by atoms with Gasteiger partial charge in [-0.2, -0.15) is 0 Å². The Kier molecular flexibility index (Phi) is 5.69. The molecule has 3 nitrogen and oxygen atoms in total. The standard InChI is InChI=1S/2C13H10.C4H3NO2/c2*1-3-7-12-10(5-1)9-11-6-2-4-8-13(11)12;6-3-1-2-4(7)5-3/h2*1-8H,9H2;1-2H,(H,5,6,7). The Labute approximate surface area is 193 Å². The average molecular weight is 430 g/mol. The summed E-state index contributed by atoms with van der Waals surface area (Å²) in [4.78, 5) is 20.1. The zero-order chi connectivity index (χ0) is 22.6. The Morgan fingerprint density at radius 3 is 0.939 bits per heavy atom. The quantitative estimate of drug-likeness (QED) is 0.314. The van der Waals surface area contributed by atoms with Gasteiger partial charge in [-0.25, -0.2) is 0 Å². The van der Waals surface area contributed by atoms with Crippen LogP contribution in [0.15, 0.2) is 109 Å². The van der Waals surface area contributed by atoms with E-state index < -0.39 is 0 Å². The molecule has 0 radical (unpaired) electrons. The fourth-order valence-electron chi connectivity index (χ4n) is 4.52. The number of carbonyl (C=O) groups is 2. The van der Waals surface area contributed by atoms with E-state index >= 15 is 0 Å². The molecule has 2 amide bonds. The Hall–Kier alpha value is -4.24. The average Bonchev–Trinajstić information content (AvgIpc) is 3.54. The predicted octanol–water partition coefficient (Wildman–Crippen LogP) is 5.71. The van der Waals surface area contributed by atoms with E-state index in [0.717, 1.165) is 12.8 Å². The lowest BCUT2D eigenvalue weighted by Gasteiger charge is -1.98. The second-order valence-corrected chi connectivity index (χ2v) is 8.17. The van der Waals surface area contributed by atoms with Crippen LogP contribution in [-0.4, -0.2) is 11.8 Å². The number of imide groups is 1. The summed E-state index contributed by atoms with van der Waals surface area (Å²) < 4.78 is 0. The Bertz CT molecular complexity index is 1190. The largest absolute Gasteiger partial charge is 0.289 e. The van der Waals surface area contributed by atoms with Gasteiger partial charge in [0, 0.05) is 12.2 Å². The van der Waals surface area contributed by atoms with Crippen molar-refractivity contribution in [3.05, 3.63) is 131 Å². The molecule has 2 aliphatic carbocycles. The van der Waals surface area contributed by atoms with Crippen LogP contribution >= 0.6 is 0 Å². The van der Waals surface area contributed by atoms with Crippen LogP contribution in [0.4, 0.5) is 0 Å². The van der Waals surface area contributed by atoms with Crippen molar-refractivity contribution in [3.8, 4) is 22.3 Å². The summed E-state index contributed by atoms with van der Waals surface area (Å²) >= 11 is 0. The predicted molar refractivity (Wildman–Crippen MR) is 132 cm³/mol. The lowest BCUT2D eigenvalue weighted by molar-refractivity contribution is -0.123. The van der Waals surface area contributed by atoms with Crippen LogP contribution in [0, 0.1) is 0 Å². The van der Waals surface area contributed by atoms with E-state index in [9.17, 15) is 9.59 Å². The third-order valence-electron chi connectivity index (χ3n) is 6.04. The first-order valence-electron chi connectivity index (χ1n) is 11.0. The Balaban J connectivity index is 0.000000109. The van der Waals surface area contributed by atoms with Crippen molar-refractivity contribution in [1.29, 1.82) is 0 Å². The van der Waals surface area contributed by atoms with Gasteiger partial charge in [-0.3, -0.25) is 14.9 Å². The second kappa shape index (κ2) is 9.09. The number of benzene rings is 4. The number of amides is 2. The number of hydrogen-bond donors (Lipinski definition) is 1. The number of hydrogen-bond acceptors (Lipinski definition) is 2. The third kappa shape index (κ3) is 4.39. The van der Waals surface area contributed by atoms with Crippen molar-refractivity contribution >= 4 is 11.8 Å². The lowest BCUT2D eigenvalue weighted by Crippen LogP contribution is -2.19. The molecule has 0 bridgehead atoms. The first kappa shape index (κ1) is 20.7. The minimum absolute atomic E-state index is 0.329. The first-order valence-corrected chi connectivity index (χ1v) is 11.0. The molecule has 1 aliphatic heterocycles.